The van der Waals surface area contributed by atoms with E-state index in [9.17, 15) is 0 Å². The van der Waals surface area contributed by atoms with E-state index in [2.05, 4.69) is 15.5 Å². The lowest BCUT2D eigenvalue weighted by atomic mass is 10.3. The lowest BCUT2D eigenvalue weighted by Crippen LogP contribution is -2.16. The molecule has 5 nitrogen and oxygen atoms in total. The molecule has 1 aromatic heterocycles. The van der Waals surface area contributed by atoms with Gasteiger partial charge >= 0.3 is 0 Å². The van der Waals surface area contributed by atoms with Crippen LogP contribution in [0.3, 0.4) is 0 Å². The van der Waals surface area contributed by atoms with Gasteiger partial charge in [0.2, 0.25) is 11.8 Å². The van der Waals surface area contributed by atoms with E-state index in [1.54, 1.807) is 6.92 Å². The molecule has 1 unspecified atom stereocenters. The second kappa shape index (κ2) is 3.85. The number of aromatic nitrogens is 2. The highest BCUT2D eigenvalue weighted by atomic mass is 16.5. The summed E-state index contributed by atoms with van der Waals surface area (Å²) < 4.78 is 10.7. The highest BCUT2D eigenvalue weighted by Crippen LogP contribution is 2.07. The minimum atomic E-state index is 0.298. The molecule has 1 N–H and O–H groups in total. The van der Waals surface area contributed by atoms with Gasteiger partial charge in [0.05, 0.1) is 6.10 Å². The molecule has 0 aromatic carbocycles. The first-order valence-corrected chi connectivity index (χ1v) is 4.46. The van der Waals surface area contributed by atoms with Gasteiger partial charge in [-0.05, 0) is 13.0 Å². The van der Waals surface area contributed by atoms with Crippen LogP contribution in [0.25, 0.3) is 0 Å². The molecule has 0 saturated carbocycles. The summed E-state index contributed by atoms with van der Waals surface area (Å²) in [5, 5.41) is 10.8. The van der Waals surface area contributed by atoms with Crippen LogP contribution >= 0.6 is 0 Å². The standard InChI is InChI=1S/C8H13N3O2/c1-6-10-11-8(13-6)5-12-7-2-3-9-4-7/h7,9H,2-5H2,1H3. The summed E-state index contributed by atoms with van der Waals surface area (Å²) in [7, 11) is 0. The van der Waals surface area contributed by atoms with Crippen LogP contribution in [0.4, 0.5) is 0 Å². The monoisotopic (exact) mass is 183 g/mol. The highest BCUT2D eigenvalue weighted by Gasteiger charge is 2.15. The second-order valence-corrected chi connectivity index (χ2v) is 3.14. The molecule has 0 amide bonds. The van der Waals surface area contributed by atoms with Crippen molar-refractivity contribution in [2.24, 2.45) is 0 Å². The molecular weight excluding hydrogens is 170 g/mol. The Labute approximate surface area is 76.5 Å². The molecule has 2 rings (SSSR count). The lowest BCUT2D eigenvalue weighted by Gasteiger charge is -2.06. The number of nitrogens with one attached hydrogen (secondary N) is 1. The van der Waals surface area contributed by atoms with Crippen molar-refractivity contribution in [1.29, 1.82) is 0 Å². The maximum Gasteiger partial charge on any atom is 0.242 e. The van der Waals surface area contributed by atoms with Crippen LogP contribution in [0, 0.1) is 6.92 Å². The summed E-state index contributed by atoms with van der Waals surface area (Å²) in [6, 6.07) is 0. The zero-order chi connectivity index (χ0) is 9.10. The SMILES string of the molecule is Cc1nnc(COC2CCNC2)o1. The van der Waals surface area contributed by atoms with Crippen LogP contribution in [0.5, 0.6) is 0 Å². The molecule has 1 aliphatic rings. The fraction of sp³-hybridized carbons (Fsp3) is 0.750. The number of aryl methyl sites for hydroxylation is 1. The van der Waals surface area contributed by atoms with Gasteiger partial charge in [-0.2, -0.15) is 0 Å². The van der Waals surface area contributed by atoms with Gasteiger partial charge in [0.25, 0.3) is 0 Å². The Hall–Kier alpha value is -0.940. The molecule has 5 heteroatoms. The summed E-state index contributed by atoms with van der Waals surface area (Å²) in [5.41, 5.74) is 0. The van der Waals surface area contributed by atoms with Gasteiger partial charge in [-0.1, -0.05) is 0 Å². The summed E-state index contributed by atoms with van der Waals surface area (Å²) >= 11 is 0. The number of ether oxygens (including phenoxy) is 1. The van der Waals surface area contributed by atoms with Crippen LogP contribution in [-0.4, -0.2) is 29.4 Å². The average Bonchev–Trinajstić information content (AvgIpc) is 2.71. The van der Waals surface area contributed by atoms with Crippen molar-refractivity contribution >= 4 is 0 Å². The number of hydrogen-bond acceptors (Lipinski definition) is 5. The minimum absolute atomic E-state index is 0.298. The van der Waals surface area contributed by atoms with Crippen molar-refractivity contribution in [3.63, 3.8) is 0 Å². The first kappa shape index (κ1) is 8.65. The van der Waals surface area contributed by atoms with Gasteiger partial charge < -0.3 is 14.5 Å². The largest absolute Gasteiger partial charge is 0.423 e. The molecule has 1 aromatic rings. The quantitative estimate of drug-likeness (QED) is 0.728. The molecule has 1 aliphatic heterocycles. The third kappa shape index (κ3) is 2.26. The predicted molar refractivity (Wildman–Crippen MR) is 45.1 cm³/mol. The molecule has 1 atom stereocenters. The van der Waals surface area contributed by atoms with E-state index >= 15 is 0 Å². The smallest absolute Gasteiger partial charge is 0.242 e. The molecule has 72 valence electrons. The first-order chi connectivity index (χ1) is 6.34. The minimum Gasteiger partial charge on any atom is -0.423 e. The Morgan fingerprint density at radius 3 is 3.15 bits per heavy atom. The highest BCUT2D eigenvalue weighted by molar-refractivity contribution is 4.77. The van der Waals surface area contributed by atoms with Crippen molar-refractivity contribution in [3.8, 4) is 0 Å². The number of hydrogen-bond donors (Lipinski definition) is 1. The van der Waals surface area contributed by atoms with Gasteiger partial charge in [0.15, 0.2) is 0 Å². The van der Waals surface area contributed by atoms with E-state index < -0.39 is 0 Å². The molecule has 0 radical (unpaired) electrons. The Morgan fingerprint density at radius 2 is 2.54 bits per heavy atom. The maximum atomic E-state index is 5.54. The van der Waals surface area contributed by atoms with Crippen LogP contribution < -0.4 is 5.32 Å². The van der Waals surface area contributed by atoms with Crippen LogP contribution in [0.15, 0.2) is 4.42 Å². The van der Waals surface area contributed by atoms with Crippen molar-refractivity contribution in [1.82, 2.24) is 15.5 Å². The third-order valence-electron chi connectivity index (χ3n) is 2.03. The Bertz CT molecular complexity index is 268. The molecule has 0 bridgehead atoms. The number of rotatable bonds is 3. The van der Waals surface area contributed by atoms with Crippen molar-refractivity contribution in [2.75, 3.05) is 13.1 Å². The average molecular weight is 183 g/mol. The Morgan fingerprint density at radius 1 is 1.62 bits per heavy atom. The predicted octanol–water partition coefficient (Wildman–Crippen LogP) is 0.257. The first-order valence-electron chi connectivity index (χ1n) is 4.46. The van der Waals surface area contributed by atoms with E-state index in [-0.39, 0.29) is 0 Å². The van der Waals surface area contributed by atoms with E-state index in [4.69, 9.17) is 9.15 Å². The Balaban J connectivity index is 1.78. The fourth-order valence-electron chi connectivity index (χ4n) is 1.36. The zero-order valence-electron chi connectivity index (χ0n) is 7.62. The Kier molecular flexibility index (Phi) is 2.56. The molecule has 13 heavy (non-hydrogen) atoms. The molecule has 1 saturated heterocycles. The van der Waals surface area contributed by atoms with Crippen LogP contribution in [0.1, 0.15) is 18.2 Å². The second-order valence-electron chi connectivity index (χ2n) is 3.14. The van der Waals surface area contributed by atoms with Gasteiger partial charge in [0.1, 0.15) is 6.61 Å². The number of nitrogens with zero attached hydrogens (tertiary/aromatic N) is 2. The lowest BCUT2D eigenvalue weighted by molar-refractivity contribution is 0.0407. The maximum absolute atomic E-state index is 5.54. The van der Waals surface area contributed by atoms with Crippen LogP contribution in [0.2, 0.25) is 0 Å². The molecule has 2 heterocycles. The van der Waals surface area contributed by atoms with E-state index in [0.717, 1.165) is 19.5 Å². The van der Waals surface area contributed by atoms with E-state index in [1.165, 1.54) is 0 Å². The zero-order valence-corrected chi connectivity index (χ0v) is 7.62. The van der Waals surface area contributed by atoms with Gasteiger partial charge in [-0.25, -0.2) is 0 Å². The van der Waals surface area contributed by atoms with E-state index in [1.807, 2.05) is 0 Å². The van der Waals surface area contributed by atoms with Crippen molar-refractivity contribution in [3.05, 3.63) is 11.8 Å². The molecule has 1 fully saturated rings. The summed E-state index contributed by atoms with van der Waals surface area (Å²) in [6.45, 7) is 4.15. The van der Waals surface area contributed by atoms with Gasteiger partial charge in [0, 0.05) is 13.5 Å². The third-order valence-corrected chi connectivity index (χ3v) is 2.03. The van der Waals surface area contributed by atoms with Gasteiger partial charge in [-0.3, -0.25) is 0 Å². The summed E-state index contributed by atoms with van der Waals surface area (Å²) in [4.78, 5) is 0. The normalized spacial score (nSPS) is 22.4. The van der Waals surface area contributed by atoms with Crippen molar-refractivity contribution < 1.29 is 9.15 Å². The topological polar surface area (TPSA) is 60.2 Å². The summed E-state index contributed by atoms with van der Waals surface area (Å²) in [5.74, 6) is 1.15. The van der Waals surface area contributed by atoms with E-state index in [0.29, 0.717) is 24.5 Å². The van der Waals surface area contributed by atoms with Gasteiger partial charge in [-0.15, -0.1) is 10.2 Å². The molecular formula is C8H13N3O2. The summed E-state index contributed by atoms with van der Waals surface area (Å²) in [6.07, 6.45) is 1.36. The molecule has 0 spiro atoms. The van der Waals surface area contributed by atoms with Crippen molar-refractivity contribution in [2.45, 2.75) is 26.1 Å². The van der Waals surface area contributed by atoms with Crippen LogP contribution in [-0.2, 0) is 11.3 Å². The molecule has 0 aliphatic carbocycles. The fourth-order valence-corrected chi connectivity index (χ4v) is 1.36.